The van der Waals surface area contributed by atoms with Crippen LogP contribution in [-0.4, -0.2) is 0 Å². The van der Waals surface area contributed by atoms with Crippen molar-refractivity contribution in [2.45, 2.75) is 220 Å². The molecule has 0 radical (unpaired) electrons. The van der Waals surface area contributed by atoms with Crippen LogP contribution in [0.1, 0.15) is 225 Å². The van der Waals surface area contributed by atoms with Crippen molar-refractivity contribution in [2.24, 2.45) is 23.7 Å². The van der Waals surface area contributed by atoms with E-state index in [-0.39, 0.29) is 10.8 Å². The van der Waals surface area contributed by atoms with Crippen molar-refractivity contribution in [1.82, 2.24) is 0 Å². The Bertz CT molecular complexity index is 2480. The molecule has 0 saturated heterocycles. The number of hydrogen-bond donors (Lipinski definition) is 0. The van der Waals surface area contributed by atoms with E-state index < -0.39 is 0 Å². The Morgan fingerprint density at radius 2 is 0.653 bits per heavy atom. The van der Waals surface area contributed by atoms with E-state index in [9.17, 15) is 0 Å². The molecule has 4 aliphatic carbocycles. The third-order valence-electron chi connectivity index (χ3n) is 19.4. The maximum absolute atomic E-state index is 2.72. The fourth-order valence-corrected chi connectivity index (χ4v) is 17.2. The van der Waals surface area contributed by atoms with E-state index in [0.29, 0.717) is 0 Å². The quantitative estimate of drug-likeness (QED) is 0.0536. The van der Waals surface area contributed by atoms with Gasteiger partial charge in [-0.05, 0) is 175 Å². The minimum absolute atomic E-state index is 0.000906. The van der Waals surface area contributed by atoms with Crippen LogP contribution >= 0.6 is 22.7 Å². The van der Waals surface area contributed by atoms with Gasteiger partial charge in [0.1, 0.15) is 0 Å². The van der Waals surface area contributed by atoms with Crippen LogP contribution in [0.5, 0.6) is 0 Å². The second-order valence-electron chi connectivity index (χ2n) is 24.0. The molecule has 4 aromatic carbocycles. The normalized spacial score (nSPS) is 19.6. The van der Waals surface area contributed by atoms with Crippen LogP contribution in [0.2, 0.25) is 0 Å². The van der Waals surface area contributed by atoms with Crippen LogP contribution < -0.4 is 0 Å². The van der Waals surface area contributed by atoms with Gasteiger partial charge in [0, 0.05) is 20.6 Å². The van der Waals surface area contributed by atoms with Crippen LogP contribution in [0.3, 0.4) is 0 Å². The van der Waals surface area contributed by atoms with Gasteiger partial charge in [-0.2, -0.15) is 0 Å². The van der Waals surface area contributed by atoms with Gasteiger partial charge in [0.05, 0.1) is 0 Å². The molecule has 2 aromatic heterocycles. The molecule has 2 heterocycles. The zero-order chi connectivity index (χ0) is 50.0. The van der Waals surface area contributed by atoms with Gasteiger partial charge in [-0.25, -0.2) is 0 Å². The molecule has 10 rings (SSSR count). The third kappa shape index (κ3) is 9.74. The molecule has 2 heteroatoms. The zero-order valence-electron chi connectivity index (χ0n) is 46.2. The Labute approximate surface area is 446 Å². The molecule has 4 atom stereocenters. The van der Waals surface area contributed by atoms with Gasteiger partial charge >= 0.3 is 0 Å². The highest BCUT2D eigenvalue weighted by Gasteiger charge is 2.51. The maximum atomic E-state index is 2.72. The summed E-state index contributed by atoms with van der Waals surface area (Å²) in [5.41, 5.74) is 25.4. The molecule has 6 aromatic rings. The molecule has 4 aliphatic rings. The molecular weight excluding hydrogens is 905 g/mol. The number of unbranched alkanes of at least 4 members (excludes halogenated alkanes) is 4. The molecule has 0 bridgehead atoms. The molecular formula is C70H90S2. The summed E-state index contributed by atoms with van der Waals surface area (Å²) < 4.78 is 0. The first-order valence-electron chi connectivity index (χ1n) is 30.0. The Kier molecular flexibility index (Phi) is 16.3. The van der Waals surface area contributed by atoms with Crippen molar-refractivity contribution >= 4 is 22.7 Å². The Morgan fingerprint density at radius 1 is 0.375 bits per heavy atom. The molecule has 0 fully saturated rings. The van der Waals surface area contributed by atoms with Crippen LogP contribution in [0.15, 0.2) is 83.6 Å². The zero-order valence-corrected chi connectivity index (χ0v) is 47.8. The molecule has 0 nitrogen and oxygen atoms in total. The average molecular weight is 996 g/mol. The van der Waals surface area contributed by atoms with Crippen molar-refractivity contribution in [3.8, 4) is 32.0 Å². The first-order valence-corrected chi connectivity index (χ1v) is 31.7. The average Bonchev–Trinajstić information content (AvgIpc) is 4.26. The monoisotopic (exact) mass is 995 g/mol. The van der Waals surface area contributed by atoms with E-state index in [4.69, 9.17) is 0 Å². The molecule has 0 saturated carbocycles. The lowest BCUT2D eigenvalue weighted by Gasteiger charge is -2.29. The van der Waals surface area contributed by atoms with Gasteiger partial charge in [-0.15, -0.1) is 22.7 Å². The minimum atomic E-state index is -0.000906. The van der Waals surface area contributed by atoms with E-state index in [0.717, 1.165) is 49.4 Å². The highest BCUT2D eigenvalue weighted by molar-refractivity contribution is 7.20. The number of fused-ring (bicyclic) bond motifs is 12. The molecule has 0 N–H and O–H groups in total. The Morgan fingerprint density at radius 3 is 0.903 bits per heavy atom. The van der Waals surface area contributed by atoms with Crippen molar-refractivity contribution in [3.63, 3.8) is 0 Å². The lowest BCUT2D eigenvalue weighted by molar-refractivity contribution is 0.448. The van der Waals surface area contributed by atoms with Gasteiger partial charge in [-0.1, -0.05) is 231 Å². The maximum Gasteiger partial charge on any atom is 0.0480 e. The van der Waals surface area contributed by atoms with Crippen LogP contribution in [0.4, 0.5) is 0 Å². The van der Waals surface area contributed by atoms with Crippen molar-refractivity contribution in [3.05, 3.63) is 150 Å². The second kappa shape index (κ2) is 22.6. The van der Waals surface area contributed by atoms with Crippen molar-refractivity contribution in [2.75, 3.05) is 0 Å². The number of rotatable bonds is 25. The van der Waals surface area contributed by atoms with E-state index in [2.05, 4.69) is 162 Å². The minimum Gasteiger partial charge on any atom is -0.142 e. The topological polar surface area (TPSA) is 0 Å². The molecule has 2 spiro atoms. The van der Waals surface area contributed by atoms with Gasteiger partial charge in [0.25, 0.3) is 0 Å². The van der Waals surface area contributed by atoms with Gasteiger partial charge in [-0.3, -0.25) is 0 Å². The molecule has 4 unspecified atom stereocenters. The Balaban J connectivity index is 1.03. The standard InChI is InChI=1S/C70H90S2/c1-9-17-21-47(13-5)33-51-25-29-57-58-30-26-52(34-48(14-6)22-18-10-2)38-64(58)69(63(57)37-51)41-55-45-71-67(61(55)43-69)68-62-44-70(42-56(62)46-72-68)65-39-53(35-49(15-7)23-19-11-3)27-31-59(65)60-32-28-54(40-66(60)70)36-50(16-8)24-20-12-4/h25-32,37-40,45-50H,9-24,33-36,41-44H2,1-8H3. The fourth-order valence-electron chi connectivity index (χ4n) is 14.8. The first-order chi connectivity index (χ1) is 35.2. The largest absolute Gasteiger partial charge is 0.142 e. The summed E-state index contributed by atoms with van der Waals surface area (Å²) >= 11 is 4.15. The number of benzene rings is 4. The van der Waals surface area contributed by atoms with E-state index in [1.54, 1.807) is 76.5 Å². The Hall–Kier alpha value is -3.72. The number of hydrogen-bond acceptors (Lipinski definition) is 2. The summed E-state index contributed by atoms with van der Waals surface area (Å²) in [7, 11) is 0. The van der Waals surface area contributed by atoms with Gasteiger partial charge in [0.2, 0.25) is 0 Å². The summed E-state index contributed by atoms with van der Waals surface area (Å²) in [6, 6.07) is 31.1. The second-order valence-corrected chi connectivity index (χ2v) is 25.8. The van der Waals surface area contributed by atoms with Crippen molar-refractivity contribution in [1.29, 1.82) is 0 Å². The van der Waals surface area contributed by atoms with Gasteiger partial charge < -0.3 is 0 Å². The summed E-state index contributed by atoms with van der Waals surface area (Å²) in [5.74, 6) is 3.05. The number of thiophene rings is 2. The van der Waals surface area contributed by atoms with Crippen LogP contribution in [0, 0.1) is 23.7 Å². The predicted molar refractivity (Wildman–Crippen MR) is 316 cm³/mol. The molecule has 72 heavy (non-hydrogen) atoms. The van der Waals surface area contributed by atoms with Crippen molar-refractivity contribution < 1.29 is 0 Å². The molecule has 382 valence electrons. The highest BCUT2D eigenvalue weighted by Crippen LogP contribution is 2.62. The summed E-state index contributed by atoms with van der Waals surface area (Å²) in [6.07, 6.45) is 30.3. The predicted octanol–water partition coefficient (Wildman–Crippen LogP) is 20.6. The van der Waals surface area contributed by atoms with E-state index in [1.165, 1.54) is 151 Å². The SMILES string of the molecule is CCCCC(CC)Cc1ccc2c(c1)C1(Cc3csc(-c4scc5c4CC4(C5)c5cc(CC(CC)CCCC)ccc5-c5ccc(CC(CC)CCCC)cc54)c3C1)c1cc(CC(CC)CCCC)ccc1-2. The fraction of sp³-hybridized carbons (Fsp3) is 0.543. The third-order valence-corrected chi connectivity index (χ3v) is 21.7. The van der Waals surface area contributed by atoms with Crippen LogP contribution in [-0.2, 0) is 62.2 Å². The molecule has 0 amide bonds. The smallest absolute Gasteiger partial charge is 0.0480 e. The lowest BCUT2D eigenvalue weighted by atomic mass is 9.74. The van der Waals surface area contributed by atoms with E-state index >= 15 is 0 Å². The summed E-state index contributed by atoms with van der Waals surface area (Å²) in [5, 5.41) is 5.23. The summed E-state index contributed by atoms with van der Waals surface area (Å²) in [6.45, 7) is 19.1. The van der Waals surface area contributed by atoms with Gasteiger partial charge in [0.15, 0.2) is 0 Å². The lowest BCUT2D eigenvalue weighted by Crippen LogP contribution is -2.26. The van der Waals surface area contributed by atoms with Crippen LogP contribution in [0.25, 0.3) is 32.0 Å². The molecule has 0 aliphatic heterocycles. The first kappa shape index (κ1) is 51.8. The summed E-state index contributed by atoms with van der Waals surface area (Å²) in [4.78, 5) is 3.18. The highest BCUT2D eigenvalue weighted by atomic mass is 32.1. The van der Waals surface area contributed by atoms with E-state index in [1.807, 2.05) is 0 Å².